The summed E-state index contributed by atoms with van der Waals surface area (Å²) in [4.78, 5) is 12.2. The number of hydrogen-bond acceptors (Lipinski definition) is 3. The summed E-state index contributed by atoms with van der Waals surface area (Å²) in [5.74, 6) is 0.192. The lowest BCUT2D eigenvalue weighted by Crippen LogP contribution is -2.42. The molecule has 0 fully saturated rings. The molecule has 24 heavy (non-hydrogen) atoms. The van der Waals surface area contributed by atoms with E-state index in [0.717, 1.165) is 23.4 Å². The van der Waals surface area contributed by atoms with Crippen LogP contribution in [0.25, 0.3) is 0 Å². The highest BCUT2D eigenvalue weighted by atomic mass is 16.3. The van der Waals surface area contributed by atoms with Crippen molar-refractivity contribution in [3.63, 3.8) is 0 Å². The Kier molecular flexibility index (Phi) is 5.49. The van der Waals surface area contributed by atoms with Gasteiger partial charge in [0.25, 0.3) is 0 Å². The van der Waals surface area contributed by atoms with E-state index in [1.165, 1.54) is 5.56 Å². The van der Waals surface area contributed by atoms with Crippen LogP contribution in [0.15, 0.2) is 24.3 Å². The first-order valence-electron chi connectivity index (χ1n) is 8.13. The zero-order valence-corrected chi connectivity index (χ0v) is 14.9. The van der Waals surface area contributed by atoms with Crippen molar-refractivity contribution in [2.24, 2.45) is 7.05 Å². The van der Waals surface area contributed by atoms with E-state index in [-0.39, 0.29) is 23.9 Å². The summed E-state index contributed by atoms with van der Waals surface area (Å²) in [6.07, 6.45) is 0.736. The molecule has 1 aromatic heterocycles. The molecule has 0 aliphatic rings. The van der Waals surface area contributed by atoms with E-state index in [2.05, 4.69) is 15.7 Å². The smallest absolute Gasteiger partial charge is 0.315 e. The van der Waals surface area contributed by atoms with Crippen LogP contribution in [0, 0.1) is 13.8 Å². The Morgan fingerprint density at radius 3 is 2.58 bits per heavy atom. The Morgan fingerprint density at radius 1 is 1.29 bits per heavy atom. The number of nitrogens with zero attached hydrogens (tertiary/aromatic N) is 2. The first kappa shape index (κ1) is 17.8. The fraction of sp³-hybridized carbons (Fsp3) is 0.444. The van der Waals surface area contributed by atoms with Crippen molar-refractivity contribution in [2.75, 3.05) is 0 Å². The lowest BCUT2D eigenvalue weighted by atomic mass is 10.1. The van der Waals surface area contributed by atoms with Crippen molar-refractivity contribution in [1.82, 2.24) is 20.4 Å². The van der Waals surface area contributed by atoms with E-state index >= 15 is 0 Å². The third-order valence-electron chi connectivity index (χ3n) is 4.26. The van der Waals surface area contributed by atoms with Gasteiger partial charge in [0.05, 0.1) is 11.7 Å². The minimum absolute atomic E-state index is 0.0111. The molecule has 6 heteroatoms. The summed E-state index contributed by atoms with van der Waals surface area (Å²) in [6.45, 7) is 7.88. The van der Waals surface area contributed by atoms with E-state index in [4.69, 9.17) is 0 Å². The summed E-state index contributed by atoms with van der Waals surface area (Å²) < 4.78 is 1.86. The highest BCUT2D eigenvalue weighted by Gasteiger charge is 2.16. The topological polar surface area (TPSA) is 79.2 Å². The quantitative estimate of drug-likeness (QED) is 0.789. The highest BCUT2D eigenvalue weighted by Crippen LogP contribution is 2.18. The van der Waals surface area contributed by atoms with Gasteiger partial charge in [0.15, 0.2) is 0 Å². The summed E-state index contributed by atoms with van der Waals surface area (Å²) in [7, 11) is 1.92. The number of aryl methyl sites for hydroxylation is 2. The van der Waals surface area contributed by atoms with Crippen LogP contribution in [0.4, 0.5) is 4.79 Å². The SMILES string of the molecule is Cc1nn(C)c(C)c1C[C@H](C)NC(=O)N[C@@H](C)c1cccc(O)c1. The van der Waals surface area contributed by atoms with E-state index < -0.39 is 0 Å². The second kappa shape index (κ2) is 7.38. The third kappa shape index (κ3) is 4.28. The van der Waals surface area contributed by atoms with Gasteiger partial charge in [-0.2, -0.15) is 5.10 Å². The number of carbonyl (C=O) groups excluding carboxylic acids is 1. The monoisotopic (exact) mass is 330 g/mol. The van der Waals surface area contributed by atoms with Crippen molar-refractivity contribution < 1.29 is 9.90 Å². The Morgan fingerprint density at radius 2 is 2.00 bits per heavy atom. The molecule has 0 aliphatic carbocycles. The molecule has 1 heterocycles. The molecule has 3 N–H and O–H groups in total. The number of benzene rings is 1. The van der Waals surface area contributed by atoms with Crippen LogP contribution >= 0.6 is 0 Å². The van der Waals surface area contributed by atoms with Gasteiger partial charge in [0.2, 0.25) is 0 Å². The van der Waals surface area contributed by atoms with E-state index in [9.17, 15) is 9.90 Å². The molecule has 2 amide bonds. The second-order valence-corrected chi connectivity index (χ2v) is 6.31. The third-order valence-corrected chi connectivity index (χ3v) is 4.26. The number of aromatic hydroxyl groups is 1. The Bertz CT molecular complexity index is 724. The van der Waals surface area contributed by atoms with Crippen LogP contribution in [0.3, 0.4) is 0 Å². The van der Waals surface area contributed by atoms with Gasteiger partial charge in [0.1, 0.15) is 5.75 Å². The largest absolute Gasteiger partial charge is 0.508 e. The maximum absolute atomic E-state index is 12.2. The zero-order chi connectivity index (χ0) is 17.9. The van der Waals surface area contributed by atoms with Gasteiger partial charge >= 0.3 is 6.03 Å². The molecule has 0 aliphatic heterocycles. The Hall–Kier alpha value is -2.50. The minimum atomic E-state index is -0.225. The van der Waals surface area contributed by atoms with Crippen LogP contribution in [0.5, 0.6) is 5.75 Å². The van der Waals surface area contributed by atoms with Gasteiger partial charge < -0.3 is 15.7 Å². The second-order valence-electron chi connectivity index (χ2n) is 6.31. The van der Waals surface area contributed by atoms with Crippen molar-refractivity contribution in [3.05, 3.63) is 46.8 Å². The van der Waals surface area contributed by atoms with Gasteiger partial charge in [-0.05, 0) is 57.4 Å². The number of aromatic nitrogens is 2. The number of carbonyl (C=O) groups is 1. The van der Waals surface area contributed by atoms with Crippen molar-refractivity contribution in [2.45, 2.75) is 46.2 Å². The fourth-order valence-corrected chi connectivity index (χ4v) is 2.81. The van der Waals surface area contributed by atoms with Crippen molar-refractivity contribution in [3.8, 4) is 5.75 Å². The summed E-state index contributed by atoms with van der Waals surface area (Å²) in [6, 6.07) is 6.47. The molecule has 2 aromatic rings. The average Bonchev–Trinajstić information content (AvgIpc) is 2.73. The number of hydrogen-bond donors (Lipinski definition) is 3. The normalized spacial score (nSPS) is 13.4. The van der Waals surface area contributed by atoms with E-state index in [0.29, 0.717) is 0 Å². The number of phenolic OH excluding ortho intramolecular Hbond substituents is 1. The first-order chi connectivity index (χ1) is 11.3. The number of urea groups is 1. The lowest BCUT2D eigenvalue weighted by Gasteiger charge is -2.19. The molecule has 0 spiro atoms. The average molecular weight is 330 g/mol. The van der Waals surface area contributed by atoms with Gasteiger partial charge in [-0.25, -0.2) is 4.79 Å². The maximum Gasteiger partial charge on any atom is 0.315 e. The number of amides is 2. The van der Waals surface area contributed by atoms with Gasteiger partial charge in [-0.1, -0.05) is 12.1 Å². The molecule has 130 valence electrons. The molecule has 2 rings (SSSR count). The zero-order valence-electron chi connectivity index (χ0n) is 14.9. The first-order valence-corrected chi connectivity index (χ1v) is 8.13. The van der Waals surface area contributed by atoms with Crippen molar-refractivity contribution >= 4 is 6.03 Å². The molecule has 0 bridgehead atoms. The molecule has 6 nitrogen and oxygen atoms in total. The molecule has 0 radical (unpaired) electrons. The fourth-order valence-electron chi connectivity index (χ4n) is 2.81. The molecular weight excluding hydrogens is 304 g/mol. The molecule has 0 saturated carbocycles. The maximum atomic E-state index is 12.2. The van der Waals surface area contributed by atoms with Crippen LogP contribution in [0.1, 0.15) is 42.4 Å². The van der Waals surface area contributed by atoms with Crippen molar-refractivity contribution in [1.29, 1.82) is 0 Å². The highest BCUT2D eigenvalue weighted by molar-refractivity contribution is 5.74. The number of phenols is 1. The minimum Gasteiger partial charge on any atom is -0.508 e. The predicted octanol–water partition coefficient (Wildman–Crippen LogP) is 2.73. The molecular formula is C18H26N4O2. The summed E-state index contributed by atoms with van der Waals surface area (Å²) >= 11 is 0. The number of rotatable bonds is 5. The van der Waals surface area contributed by atoms with Gasteiger partial charge in [-0.3, -0.25) is 4.68 Å². The van der Waals surface area contributed by atoms with Crippen LogP contribution in [-0.2, 0) is 13.5 Å². The molecule has 2 atom stereocenters. The summed E-state index contributed by atoms with van der Waals surface area (Å²) in [5, 5.41) is 19.8. The van der Waals surface area contributed by atoms with Crippen LogP contribution in [-0.4, -0.2) is 27.0 Å². The Labute approximate surface area is 142 Å². The van der Waals surface area contributed by atoms with Crippen LogP contribution in [0.2, 0.25) is 0 Å². The summed E-state index contributed by atoms with van der Waals surface area (Å²) in [5.41, 5.74) is 4.15. The van der Waals surface area contributed by atoms with E-state index in [1.54, 1.807) is 18.2 Å². The van der Waals surface area contributed by atoms with E-state index in [1.807, 2.05) is 45.5 Å². The van der Waals surface area contributed by atoms with Gasteiger partial charge in [0, 0.05) is 18.8 Å². The lowest BCUT2D eigenvalue weighted by molar-refractivity contribution is 0.234. The molecule has 0 unspecified atom stereocenters. The van der Waals surface area contributed by atoms with Gasteiger partial charge in [-0.15, -0.1) is 0 Å². The number of nitrogens with one attached hydrogen (secondary N) is 2. The van der Waals surface area contributed by atoms with Crippen LogP contribution < -0.4 is 10.6 Å². The molecule has 1 aromatic carbocycles. The Balaban J connectivity index is 1.92. The standard InChI is InChI=1S/C18H26N4O2/c1-11(9-17-13(3)21-22(5)14(17)4)19-18(24)20-12(2)15-7-6-8-16(23)10-15/h6-8,10-12,23H,9H2,1-5H3,(H2,19,20,24)/t11-,12-/m0/s1. The predicted molar refractivity (Wildman–Crippen MR) is 94.0 cm³/mol. The molecule has 0 saturated heterocycles.